The van der Waals surface area contributed by atoms with Crippen molar-refractivity contribution in [3.63, 3.8) is 0 Å². The quantitative estimate of drug-likeness (QED) is 0.623. The number of carbonyl (C=O) groups is 1. The Hall–Kier alpha value is -0.940. The van der Waals surface area contributed by atoms with Gasteiger partial charge in [-0.2, -0.15) is 0 Å². The minimum absolute atomic E-state index is 0.0626. The molecule has 0 fully saturated rings. The Morgan fingerprint density at radius 2 is 1.95 bits per heavy atom. The molecule has 0 bridgehead atoms. The Morgan fingerprint density at radius 1 is 1.24 bits per heavy atom. The van der Waals surface area contributed by atoms with Gasteiger partial charge >= 0.3 is 0 Å². The summed E-state index contributed by atoms with van der Waals surface area (Å²) in [4.78, 5) is 14.4. The highest BCUT2D eigenvalue weighted by Gasteiger charge is 2.16. The van der Waals surface area contributed by atoms with Gasteiger partial charge in [0.05, 0.1) is 18.2 Å². The number of ketones is 1. The van der Waals surface area contributed by atoms with Gasteiger partial charge in [0.25, 0.3) is 0 Å². The minimum atomic E-state index is 0.0626. The van der Waals surface area contributed by atoms with Gasteiger partial charge in [-0.1, -0.05) is 23.7 Å². The van der Waals surface area contributed by atoms with E-state index in [1.165, 1.54) is 0 Å². The maximum absolute atomic E-state index is 12.3. The van der Waals surface area contributed by atoms with Crippen LogP contribution >= 0.6 is 11.6 Å². The van der Waals surface area contributed by atoms with E-state index in [0.717, 1.165) is 6.54 Å². The smallest absolute Gasteiger partial charge is 0.165 e. The van der Waals surface area contributed by atoms with Crippen LogP contribution in [0.1, 0.15) is 23.7 Å². The van der Waals surface area contributed by atoms with Gasteiger partial charge in [-0.05, 0) is 19.1 Å². The highest BCUT2D eigenvalue weighted by atomic mass is 35.5. The average Bonchev–Trinajstić information content (AvgIpc) is 2.47. The molecule has 118 valence electrons. The molecule has 0 amide bonds. The van der Waals surface area contributed by atoms with E-state index in [-0.39, 0.29) is 11.8 Å². The van der Waals surface area contributed by atoms with Gasteiger partial charge in [-0.3, -0.25) is 9.69 Å². The summed E-state index contributed by atoms with van der Waals surface area (Å²) in [7, 11) is 3.36. The third-order valence-corrected chi connectivity index (χ3v) is 3.74. The first kappa shape index (κ1) is 18.1. The Bertz CT molecular complexity index is 439. The van der Waals surface area contributed by atoms with E-state index in [1.807, 2.05) is 12.1 Å². The molecule has 21 heavy (non-hydrogen) atoms. The van der Waals surface area contributed by atoms with Crippen LogP contribution in [0.15, 0.2) is 24.3 Å². The van der Waals surface area contributed by atoms with E-state index in [0.29, 0.717) is 36.8 Å². The van der Waals surface area contributed by atoms with E-state index in [4.69, 9.17) is 21.1 Å². The summed E-state index contributed by atoms with van der Waals surface area (Å²) in [6.45, 7) is 4.78. The molecule has 1 unspecified atom stereocenters. The SMILES string of the molecule is COCCN(CCC(=O)c1ccccc1Cl)C(C)COC. The van der Waals surface area contributed by atoms with Crippen LogP contribution in [0.5, 0.6) is 0 Å². The van der Waals surface area contributed by atoms with Gasteiger partial charge < -0.3 is 9.47 Å². The molecule has 1 aromatic carbocycles. The predicted molar refractivity (Wildman–Crippen MR) is 85.2 cm³/mol. The van der Waals surface area contributed by atoms with Crippen LogP contribution in [0.4, 0.5) is 0 Å². The Kier molecular flexibility index (Phi) is 8.54. The lowest BCUT2D eigenvalue weighted by molar-refractivity contribution is 0.0703. The molecule has 0 aromatic heterocycles. The second-order valence-corrected chi connectivity index (χ2v) is 5.39. The molecule has 0 aliphatic carbocycles. The summed E-state index contributed by atoms with van der Waals surface area (Å²) < 4.78 is 10.3. The summed E-state index contributed by atoms with van der Waals surface area (Å²) in [5, 5.41) is 0.510. The number of rotatable bonds is 10. The zero-order chi connectivity index (χ0) is 15.7. The molecular weight excluding hydrogens is 290 g/mol. The number of hydrogen-bond acceptors (Lipinski definition) is 4. The Labute approximate surface area is 132 Å². The molecule has 0 N–H and O–H groups in total. The zero-order valence-corrected chi connectivity index (χ0v) is 13.7. The lowest BCUT2D eigenvalue weighted by atomic mass is 10.1. The average molecular weight is 314 g/mol. The molecule has 0 aliphatic heterocycles. The number of carbonyl (C=O) groups excluding carboxylic acids is 1. The van der Waals surface area contributed by atoms with Crippen molar-refractivity contribution in [2.45, 2.75) is 19.4 Å². The summed E-state index contributed by atoms with van der Waals surface area (Å²) in [5.41, 5.74) is 0.588. The van der Waals surface area contributed by atoms with Gasteiger partial charge in [-0.15, -0.1) is 0 Å². The fourth-order valence-corrected chi connectivity index (χ4v) is 2.42. The monoisotopic (exact) mass is 313 g/mol. The lowest BCUT2D eigenvalue weighted by Gasteiger charge is -2.28. The topological polar surface area (TPSA) is 38.8 Å². The molecule has 1 aromatic rings. The zero-order valence-electron chi connectivity index (χ0n) is 13.0. The van der Waals surface area contributed by atoms with Crippen LogP contribution in [-0.2, 0) is 9.47 Å². The van der Waals surface area contributed by atoms with Crippen LogP contribution in [-0.4, -0.2) is 57.2 Å². The molecule has 4 nitrogen and oxygen atoms in total. The second kappa shape index (κ2) is 9.90. The summed E-state index contributed by atoms with van der Waals surface area (Å²) >= 11 is 6.06. The third kappa shape index (κ3) is 6.14. The maximum Gasteiger partial charge on any atom is 0.165 e. The number of benzene rings is 1. The van der Waals surface area contributed by atoms with E-state index < -0.39 is 0 Å². The van der Waals surface area contributed by atoms with Gasteiger partial charge in [0.1, 0.15) is 0 Å². The largest absolute Gasteiger partial charge is 0.383 e. The normalized spacial score (nSPS) is 12.6. The summed E-state index contributed by atoms with van der Waals surface area (Å²) in [5.74, 6) is 0.0626. The van der Waals surface area contributed by atoms with Crippen molar-refractivity contribution in [1.29, 1.82) is 0 Å². The highest BCUT2D eigenvalue weighted by molar-refractivity contribution is 6.33. The fraction of sp³-hybridized carbons (Fsp3) is 0.562. The molecule has 0 heterocycles. The van der Waals surface area contributed by atoms with Crippen molar-refractivity contribution in [2.75, 3.05) is 40.5 Å². The van der Waals surface area contributed by atoms with E-state index in [1.54, 1.807) is 26.4 Å². The van der Waals surface area contributed by atoms with E-state index in [2.05, 4.69) is 11.8 Å². The second-order valence-electron chi connectivity index (χ2n) is 4.99. The predicted octanol–water partition coefficient (Wildman–Crippen LogP) is 2.90. The molecule has 0 aliphatic rings. The molecule has 0 saturated heterocycles. The van der Waals surface area contributed by atoms with Gasteiger partial charge in [0.2, 0.25) is 0 Å². The van der Waals surface area contributed by atoms with Crippen molar-refractivity contribution in [3.05, 3.63) is 34.9 Å². The maximum atomic E-state index is 12.3. The number of nitrogens with zero attached hydrogens (tertiary/aromatic N) is 1. The van der Waals surface area contributed by atoms with E-state index in [9.17, 15) is 4.79 Å². The van der Waals surface area contributed by atoms with Crippen LogP contribution < -0.4 is 0 Å². The molecular formula is C16H24ClNO3. The third-order valence-electron chi connectivity index (χ3n) is 3.41. The number of methoxy groups -OCH3 is 2. The number of Topliss-reactive ketones (excluding diaryl/α,β-unsaturated/α-hetero) is 1. The van der Waals surface area contributed by atoms with Gasteiger partial charge in [0, 0.05) is 45.3 Å². The van der Waals surface area contributed by atoms with Gasteiger partial charge in [0.15, 0.2) is 5.78 Å². The molecule has 0 saturated carbocycles. The fourth-order valence-electron chi connectivity index (χ4n) is 2.17. The Balaban J connectivity index is 2.59. The minimum Gasteiger partial charge on any atom is -0.383 e. The first-order valence-corrected chi connectivity index (χ1v) is 7.47. The molecule has 1 atom stereocenters. The van der Waals surface area contributed by atoms with Crippen LogP contribution in [0.2, 0.25) is 5.02 Å². The van der Waals surface area contributed by atoms with Crippen molar-refractivity contribution < 1.29 is 14.3 Å². The van der Waals surface area contributed by atoms with E-state index >= 15 is 0 Å². The number of hydrogen-bond donors (Lipinski definition) is 0. The van der Waals surface area contributed by atoms with Crippen molar-refractivity contribution in [2.24, 2.45) is 0 Å². The van der Waals surface area contributed by atoms with Crippen LogP contribution in [0.25, 0.3) is 0 Å². The first-order valence-electron chi connectivity index (χ1n) is 7.09. The number of halogens is 1. The van der Waals surface area contributed by atoms with Crippen molar-refractivity contribution in [1.82, 2.24) is 4.90 Å². The standard InChI is InChI=1S/C16H24ClNO3/c1-13(12-21-3)18(10-11-20-2)9-8-16(19)14-6-4-5-7-15(14)17/h4-7,13H,8-12H2,1-3H3. The van der Waals surface area contributed by atoms with Crippen LogP contribution in [0, 0.1) is 0 Å². The molecule has 1 rings (SSSR count). The highest BCUT2D eigenvalue weighted by Crippen LogP contribution is 2.17. The Morgan fingerprint density at radius 3 is 2.57 bits per heavy atom. The molecule has 0 spiro atoms. The lowest BCUT2D eigenvalue weighted by Crippen LogP contribution is -2.39. The van der Waals surface area contributed by atoms with Crippen LogP contribution in [0.3, 0.4) is 0 Å². The molecule has 5 heteroatoms. The summed E-state index contributed by atoms with van der Waals surface area (Å²) in [6.07, 6.45) is 0.432. The summed E-state index contributed by atoms with van der Waals surface area (Å²) in [6, 6.07) is 7.40. The first-order chi connectivity index (χ1) is 10.1. The van der Waals surface area contributed by atoms with Crippen molar-refractivity contribution >= 4 is 17.4 Å². The molecule has 0 radical (unpaired) electrons. The van der Waals surface area contributed by atoms with Gasteiger partial charge in [-0.25, -0.2) is 0 Å². The van der Waals surface area contributed by atoms with Crippen molar-refractivity contribution in [3.8, 4) is 0 Å². The number of ether oxygens (including phenoxy) is 2.